The predicted octanol–water partition coefficient (Wildman–Crippen LogP) is 4.35. The van der Waals surface area contributed by atoms with E-state index in [1.54, 1.807) is 0 Å². The molecule has 0 saturated carbocycles. The Kier molecular flexibility index (Phi) is 8.55. The Bertz CT molecular complexity index is 493. The molecule has 1 aromatic rings. The molecule has 0 aliphatic rings. The lowest BCUT2D eigenvalue weighted by molar-refractivity contribution is 0.0171. The first kappa shape index (κ1) is 20.2. The fraction of sp³-hybridized carbons (Fsp3) is 0.550. The summed E-state index contributed by atoms with van der Waals surface area (Å²) >= 11 is 0. The lowest BCUT2D eigenvalue weighted by Crippen LogP contribution is -2.35. The third-order valence-corrected chi connectivity index (χ3v) is 3.54. The first-order chi connectivity index (χ1) is 11.3. The summed E-state index contributed by atoms with van der Waals surface area (Å²) < 4.78 is 11.2. The molecule has 0 aliphatic heterocycles. The van der Waals surface area contributed by atoms with E-state index < -0.39 is 11.7 Å². The van der Waals surface area contributed by atoms with E-state index in [0.717, 1.165) is 12.8 Å². The van der Waals surface area contributed by atoms with Gasteiger partial charge in [-0.1, -0.05) is 43.3 Å². The van der Waals surface area contributed by atoms with Crippen LogP contribution in [0.4, 0.5) is 4.79 Å². The van der Waals surface area contributed by atoms with Crippen LogP contribution in [0.5, 0.6) is 0 Å². The van der Waals surface area contributed by atoms with Crippen LogP contribution >= 0.6 is 0 Å². The number of hydrogen-bond acceptors (Lipinski definition) is 3. The minimum Gasteiger partial charge on any atom is -0.444 e. The minimum atomic E-state index is -0.486. The molecule has 0 aliphatic carbocycles. The van der Waals surface area contributed by atoms with E-state index in [-0.39, 0.29) is 6.10 Å². The summed E-state index contributed by atoms with van der Waals surface area (Å²) in [5.41, 5.74) is 0.815. The molecule has 1 amide bonds. The van der Waals surface area contributed by atoms with Crippen LogP contribution in [0.3, 0.4) is 0 Å². The predicted molar refractivity (Wildman–Crippen MR) is 98.1 cm³/mol. The van der Waals surface area contributed by atoms with Crippen molar-refractivity contribution in [3.05, 3.63) is 48.6 Å². The van der Waals surface area contributed by atoms with E-state index in [1.165, 1.54) is 5.56 Å². The molecule has 1 rings (SSSR count). The molecule has 1 N–H and O–H groups in total. The zero-order valence-corrected chi connectivity index (χ0v) is 15.4. The van der Waals surface area contributed by atoms with Crippen LogP contribution in [0, 0.1) is 5.92 Å². The third kappa shape index (κ3) is 8.73. The van der Waals surface area contributed by atoms with Crippen LogP contribution in [0.25, 0.3) is 0 Å². The topological polar surface area (TPSA) is 47.6 Å². The number of nitrogens with one attached hydrogen (secondary N) is 1. The van der Waals surface area contributed by atoms with E-state index in [1.807, 2.05) is 32.9 Å². The van der Waals surface area contributed by atoms with Gasteiger partial charge in [-0.3, -0.25) is 0 Å². The Morgan fingerprint density at radius 1 is 1.29 bits per heavy atom. The highest BCUT2D eigenvalue weighted by Gasteiger charge is 2.18. The Morgan fingerprint density at radius 3 is 2.54 bits per heavy atom. The van der Waals surface area contributed by atoms with Gasteiger partial charge in [0.25, 0.3) is 0 Å². The molecule has 134 valence electrons. The molecular formula is C20H31NO3. The molecule has 2 atom stereocenters. The lowest BCUT2D eigenvalue weighted by atomic mass is 9.94. The normalized spacial score (nSPS) is 13.8. The summed E-state index contributed by atoms with van der Waals surface area (Å²) in [4.78, 5) is 11.6. The van der Waals surface area contributed by atoms with Crippen LogP contribution in [-0.2, 0) is 15.9 Å². The van der Waals surface area contributed by atoms with Crippen LogP contribution in [0.1, 0.15) is 39.7 Å². The molecule has 0 aromatic heterocycles. The van der Waals surface area contributed by atoms with E-state index in [4.69, 9.17) is 9.47 Å². The largest absolute Gasteiger partial charge is 0.444 e. The Morgan fingerprint density at radius 2 is 1.96 bits per heavy atom. The summed E-state index contributed by atoms with van der Waals surface area (Å²) in [5, 5.41) is 2.71. The number of rotatable bonds is 9. The number of alkyl carbamates (subject to hydrolysis) is 1. The van der Waals surface area contributed by atoms with Gasteiger partial charge in [0.15, 0.2) is 0 Å². The number of amides is 1. The fourth-order valence-corrected chi connectivity index (χ4v) is 2.42. The highest BCUT2D eigenvalue weighted by Crippen LogP contribution is 2.17. The van der Waals surface area contributed by atoms with E-state index in [2.05, 4.69) is 43.1 Å². The highest BCUT2D eigenvalue weighted by molar-refractivity contribution is 5.67. The van der Waals surface area contributed by atoms with Gasteiger partial charge in [0.1, 0.15) is 5.60 Å². The Labute approximate surface area is 146 Å². The van der Waals surface area contributed by atoms with E-state index >= 15 is 0 Å². The summed E-state index contributed by atoms with van der Waals surface area (Å²) in [6, 6.07) is 10.4. The highest BCUT2D eigenvalue weighted by atomic mass is 16.6. The van der Waals surface area contributed by atoms with Gasteiger partial charge in [0, 0.05) is 6.54 Å². The van der Waals surface area contributed by atoms with Crippen LogP contribution in [0.2, 0.25) is 0 Å². The zero-order chi connectivity index (χ0) is 18.0. The van der Waals surface area contributed by atoms with Gasteiger partial charge in [-0.15, -0.1) is 6.58 Å². The van der Waals surface area contributed by atoms with Gasteiger partial charge in [-0.05, 0) is 45.1 Å². The van der Waals surface area contributed by atoms with Gasteiger partial charge in [0.05, 0.1) is 12.7 Å². The summed E-state index contributed by atoms with van der Waals surface area (Å²) in [6.07, 6.45) is 3.30. The molecule has 24 heavy (non-hydrogen) atoms. The van der Waals surface area contributed by atoms with Gasteiger partial charge in [0.2, 0.25) is 0 Å². The van der Waals surface area contributed by atoms with Gasteiger partial charge >= 0.3 is 6.09 Å². The second-order valence-corrected chi connectivity index (χ2v) is 7.03. The molecular weight excluding hydrogens is 302 g/mol. The van der Waals surface area contributed by atoms with E-state index in [9.17, 15) is 4.79 Å². The van der Waals surface area contributed by atoms with Crippen molar-refractivity contribution in [3.8, 4) is 0 Å². The minimum absolute atomic E-state index is 0.0862. The first-order valence-electron chi connectivity index (χ1n) is 8.55. The maximum atomic E-state index is 11.6. The van der Waals surface area contributed by atoms with Crippen molar-refractivity contribution >= 4 is 6.09 Å². The molecule has 0 saturated heterocycles. The first-order valence-corrected chi connectivity index (χ1v) is 8.55. The molecule has 0 radical (unpaired) electrons. The zero-order valence-electron chi connectivity index (χ0n) is 15.4. The maximum Gasteiger partial charge on any atom is 0.407 e. The SMILES string of the molecule is C=CC[C@@H](OCCNC(=O)OC(C)(C)C)C(C)Cc1ccccc1. The fourth-order valence-electron chi connectivity index (χ4n) is 2.42. The van der Waals surface area contributed by atoms with Gasteiger partial charge < -0.3 is 14.8 Å². The Hall–Kier alpha value is -1.81. The van der Waals surface area contributed by atoms with Crippen molar-refractivity contribution < 1.29 is 14.3 Å². The number of hydrogen-bond donors (Lipinski definition) is 1. The average molecular weight is 333 g/mol. The molecule has 0 fully saturated rings. The van der Waals surface area contributed by atoms with Gasteiger partial charge in [-0.2, -0.15) is 0 Å². The van der Waals surface area contributed by atoms with Crippen LogP contribution in [0.15, 0.2) is 43.0 Å². The summed E-state index contributed by atoms with van der Waals surface area (Å²) in [7, 11) is 0. The van der Waals surface area contributed by atoms with Crippen molar-refractivity contribution in [2.75, 3.05) is 13.2 Å². The number of ether oxygens (including phenoxy) is 2. The molecule has 0 heterocycles. The molecule has 1 unspecified atom stereocenters. The molecule has 4 heteroatoms. The van der Waals surface area contributed by atoms with Crippen molar-refractivity contribution in [3.63, 3.8) is 0 Å². The van der Waals surface area contributed by atoms with Crippen molar-refractivity contribution in [1.82, 2.24) is 5.32 Å². The van der Waals surface area contributed by atoms with Crippen molar-refractivity contribution in [2.45, 2.75) is 52.2 Å². The smallest absolute Gasteiger partial charge is 0.407 e. The number of benzene rings is 1. The van der Waals surface area contributed by atoms with Gasteiger partial charge in [-0.25, -0.2) is 4.79 Å². The monoisotopic (exact) mass is 333 g/mol. The Balaban J connectivity index is 2.37. The molecule has 4 nitrogen and oxygen atoms in total. The third-order valence-electron chi connectivity index (χ3n) is 3.54. The average Bonchev–Trinajstić information content (AvgIpc) is 2.49. The van der Waals surface area contributed by atoms with Crippen molar-refractivity contribution in [2.24, 2.45) is 5.92 Å². The number of carbonyl (C=O) groups excluding carboxylic acids is 1. The van der Waals surface area contributed by atoms with Crippen LogP contribution < -0.4 is 5.32 Å². The maximum absolute atomic E-state index is 11.6. The van der Waals surface area contributed by atoms with Crippen LogP contribution in [-0.4, -0.2) is 30.9 Å². The quantitative estimate of drug-likeness (QED) is 0.540. The van der Waals surface area contributed by atoms with Crippen molar-refractivity contribution in [1.29, 1.82) is 0 Å². The summed E-state index contributed by atoms with van der Waals surface area (Å²) in [5.74, 6) is 0.368. The summed E-state index contributed by atoms with van der Waals surface area (Å²) in [6.45, 7) is 12.4. The lowest BCUT2D eigenvalue weighted by Gasteiger charge is -2.24. The number of carbonyl (C=O) groups is 1. The standard InChI is InChI=1S/C20H31NO3/c1-6-10-18(16(2)15-17-11-8-7-9-12-17)23-14-13-21-19(22)24-20(3,4)5/h6-9,11-12,16,18H,1,10,13-15H2,2-5H3,(H,21,22)/t16?,18-/m1/s1. The molecule has 0 spiro atoms. The molecule has 0 bridgehead atoms. The second-order valence-electron chi connectivity index (χ2n) is 7.03. The molecule has 1 aromatic carbocycles. The van der Waals surface area contributed by atoms with E-state index in [0.29, 0.717) is 19.1 Å². The second kappa shape index (κ2) is 10.1.